The number of aliphatic carboxylic acids is 1. The summed E-state index contributed by atoms with van der Waals surface area (Å²) in [6, 6.07) is 4.05. The summed E-state index contributed by atoms with van der Waals surface area (Å²) in [5, 5.41) is 22.5. The molecular weight excluding hydrogens is 212 g/mol. The molecule has 0 aromatic heterocycles. The first-order chi connectivity index (χ1) is 7.59. The molecule has 0 saturated carbocycles. The van der Waals surface area contributed by atoms with Gasteiger partial charge in [-0.3, -0.25) is 14.9 Å². The van der Waals surface area contributed by atoms with E-state index in [9.17, 15) is 14.9 Å². The van der Waals surface area contributed by atoms with Crippen LogP contribution in [0.2, 0.25) is 0 Å². The van der Waals surface area contributed by atoms with E-state index in [0.29, 0.717) is 12.1 Å². The largest absolute Gasteiger partial charge is 0.480 e. The van der Waals surface area contributed by atoms with Gasteiger partial charge >= 0.3 is 5.97 Å². The molecule has 1 aromatic carbocycles. The van der Waals surface area contributed by atoms with E-state index in [-0.39, 0.29) is 12.1 Å². The molecule has 16 heavy (non-hydrogen) atoms. The summed E-state index contributed by atoms with van der Waals surface area (Å²) in [4.78, 5) is 21.1. The van der Waals surface area contributed by atoms with Crippen molar-refractivity contribution in [3.05, 3.63) is 39.4 Å². The van der Waals surface area contributed by atoms with E-state index >= 15 is 0 Å². The second-order valence-corrected chi connectivity index (χ2v) is 3.65. The van der Waals surface area contributed by atoms with Crippen LogP contribution in [-0.2, 0) is 17.8 Å². The molecule has 84 valence electrons. The predicted octanol–water partition coefficient (Wildman–Crippen LogP) is 0.694. The first-order valence-corrected chi connectivity index (χ1v) is 4.81. The highest BCUT2D eigenvalue weighted by Crippen LogP contribution is 2.26. The lowest BCUT2D eigenvalue weighted by Gasteiger charge is -2.22. The van der Waals surface area contributed by atoms with Crippen LogP contribution < -0.4 is 5.32 Å². The van der Waals surface area contributed by atoms with Crippen LogP contribution in [0, 0.1) is 10.1 Å². The molecule has 0 aliphatic carbocycles. The Morgan fingerprint density at radius 3 is 2.94 bits per heavy atom. The highest BCUT2D eigenvalue weighted by molar-refractivity contribution is 5.75. The minimum atomic E-state index is -0.983. The van der Waals surface area contributed by atoms with E-state index in [4.69, 9.17) is 5.11 Å². The van der Waals surface area contributed by atoms with Gasteiger partial charge in [-0.1, -0.05) is 12.1 Å². The molecule has 0 spiro atoms. The fourth-order valence-electron chi connectivity index (χ4n) is 1.88. The SMILES string of the molecule is O=C(O)C1Cc2c(cccc2[N+](=O)[O-])CN1. The Morgan fingerprint density at radius 2 is 2.31 bits per heavy atom. The number of hydrogen-bond donors (Lipinski definition) is 2. The molecule has 2 rings (SSSR count). The molecular formula is C10H10N2O4. The highest BCUT2D eigenvalue weighted by atomic mass is 16.6. The molecule has 1 aliphatic rings. The zero-order chi connectivity index (χ0) is 11.7. The van der Waals surface area contributed by atoms with E-state index in [1.807, 2.05) is 0 Å². The zero-order valence-electron chi connectivity index (χ0n) is 8.34. The van der Waals surface area contributed by atoms with Crippen LogP contribution in [0.3, 0.4) is 0 Å². The summed E-state index contributed by atoms with van der Waals surface area (Å²) in [5.41, 5.74) is 1.33. The Bertz CT molecular complexity index is 458. The Morgan fingerprint density at radius 1 is 1.56 bits per heavy atom. The van der Waals surface area contributed by atoms with Crippen LogP contribution in [-0.4, -0.2) is 22.0 Å². The number of nitrogens with zero attached hydrogens (tertiary/aromatic N) is 1. The summed E-state index contributed by atoms with van der Waals surface area (Å²) in [6.45, 7) is 0.355. The maximum absolute atomic E-state index is 10.8. The molecule has 1 heterocycles. The van der Waals surface area contributed by atoms with Gasteiger partial charge in [0, 0.05) is 24.6 Å². The van der Waals surface area contributed by atoms with Gasteiger partial charge in [-0.25, -0.2) is 0 Å². The monoisotopic (exact) mass is 222 g/mol. The lowest BCUT2D eigenvalue weighted by Crippen LogP contribution is -2.41. The number of carboxylic acid groups (broad SMARTS) is 1. The number of rotatable bonds is 2. The first kappa shape index (κ1) is 10.6. The zero-order valence-corrected chi connectivity index (χ0v) is 8.34. The van der Waals surface area contributed by atoms with Crippen molar-refractivity contribution >= 4 is 11.7 Å². The number of nitro groups is 1. The molecule has 0 saturated heterocycles. The van der Waals surface area contributed by atoms with Crippen LogP contribution in [0.5, 0.6) is 0 Å². The molecule has 0 radical (unpaired) electrons. The van der Waals surface area contributed by atoms with Crippen molar-refractivity contribution in [3.63, 3.8) is 0 Å². The summed E-state index contributed by atoms with van der Waals surface area (Å²) in [5.74, 6) is -0.983. The predicted molar refractivity (Wildman–Crippen MR) is 55.1 cm³/mol. The maximum Gasteiger partial charge on any atom is 0.321 e. The van der Waals surface area contributed by atoms with Gasteiger partial charge in [0.25, 0.3) is 5.69 Å². The Kier molecular flexibility index (Phi) is 2.57. The third kappa shape index (κ3) is 1.74. The van der Waals surface area contributed by atoms with Gasteiger partial charge in [0.1, 0.15) is 6.04 Å². The molecule has 2 N–H and O–H groups in total. The van der Waals surface area contributed by atoms with Crippen LogP contribution in [0.4, 0.5) is 5.69 Å². The molecule has 0 amide bonds. The molecule has 1 aromatic rings. The van der Waals surface area contributed by atoms with Crippen molar-refractivity contribution in [2.45, 2.75) is 19.0 Å². The topological polar surface area (TPSA) is 92.5 Å². The number of benzene rings is 1. The van der Waals surface area contributed by atoms with E-state index in [1.165, 1.54) is 6.07 Å². The van der Waals surface area contributed by atoms with Gasteiger partial charge in [-0.2, -0.15) is 0 Å². The van der Waals surface area contributed by atoms with E-state index in [2.05, 4.69) is 5.32 Å². The van der Waals surface area contributed by atoms with Crippen molar-refractivity contribution in [1.29, 1.82) is 0 Å². The molecule has 1 unspecified atom stereocenters. The summed E-state index contributed by atoms with van der Waals surface area (Å²) in [6.07, 6.45) is 0.155. The molecule has 6 nitrogen and oxygen atoms in total. The smallest absolute Gasteiger partial charge is 0.321 e. The third-order valence-corrected chi connectivity index (χ3v) is 2.69. The molecule has 1 aliphatic heterocycles. The van der Waals surface area contributed by atoms with Gasteiger partial charge < -0.3 is 10.4 Å². The summed E-state index contributed by atoms with van der Waals surface area (Å²) in [7, 11) is 0. The minimum absolute atomic E-state index is 0.00486. The van der Waals surface area contributed by atoms with Gasteiger partial charge in [0.15, 0.2) is 0 Å². The lowest BCUT2D eigenvalue weighted by atomic mass is 9.94. The Labute approximate surface area is 91.0 Å². The number of nitro benzene ring substituents is 1. The average Bonchev–Trinajstić information content (AvgIpc) is 2.27. The summed E-state index contributed by atoms with van der Waals surface area (Å²) < 4.78 is 0. The number of carboxylic acids is 1. The van der Waals surface area contributed by atoms with Crippen molar-refractivity contribution in [2.75, 3.05) is 0 Å². The molecule has 6 heteroatoms. The number of carbonyl (C=O) groups is 1. The fraction of sp³-hybridized carbons (Fsp3) is 0.300. The number of nitrogens with one attached hydrogen (secondary N) is 1. The van der Waals surface area contributed by atoms with Gasteiger partial charge in [-0.05, 0) is 5.56 Å². The fourth-order valence-corrected chi connectivity index (χ4v) is 1.88. The highest BCUT2D eigenvalue weighted by Gasteiger charge is 2.28. The van der Waals surface area contributed by atoms with Gasteiger partial charge in [-0.15, -0.1) is 0 Å². The maximum atomic E-state index is 10.8. The van der Waals surface area contributed by atoms with E-state index < -0.39 is 16.9 Å². The minimum Gasteiger partial charge on any atom is -0.480 e. The van der Waals surface area contributed by atoms with Crippen molar-refractivity contribution < 1.29 is 14.8 Å². The first-order valence-electron chi connectivity index (χ1n) is 4.81. The quantitative estimate of drug-likeness (QED) is 0.567. The second-order valence-electron chi connectivity index (χ2n) is 3.65. The van der Waals surface area contributed by atoms with Crippen LogP contribution in [0.1, 0.15) is 11.1 Å². The van der Waals surface area contributed by atoms with Crippen molar-refractivity contribution in [3.8, 4) is 0 Å². The third-order valence-electron chi connectivity index (χ3n) is 2.69. The average molecular weight is 222 g/mol. The van der Waals surface area contributed by atoms with Crippen molar-refractivity contribution in [2.24, 2.45) is 0 Å². The van der Waals surface area contributed by atoms with Crippen LogP contribution in [0.25, 0.3) is 0 Å². The van der Waals surface area contributed by atoms with Crippen LogP contribution in [0.15, 0.2) is 18.2 Å². The molecule has 1 atom stereocenters. The van der Waals surface area contributed by atoms with Crippen LogP contribution >= 0.6 is 0 Å². The molecule has 0 fully saturated rings. The second kappa shape index (κ2) is 3.90. The lowest BCUT2D eigenvalue weighted by molar-refractivity contribution is -0.385. The van der Waals surface area contributed by atoms with Gasteiger partial charge in [0.2, 0.25) is 0 Å². The Hall–Kier alpha value is -1.95. The normalized spacial score (nSPS) is 18.9. The standard InChI is InChI=1S/C10H10N2O4/c13-10(14)8-4-7-6(5-11-8)2-1-3-9(7)12(15)16/h1-3,8,11H,4-5H2,(H,13,14). The molecule has 0 bridgehead atoms. The summed E-state index contributed by atoms with van der Waals surface area (Å²) >= 11 is 0. The van der Waals surface area contributed by atoms with Crippen molar-refractivity contribution in [1.82, 2.24) is 5.32 Å². The number of hydrogen-bond acceptors (Lipinski definition) is 4. The Balaban J connectivity index is 2.41. The van der Waals surface area contributed by atoms with E-state index in [0.717, 1.165) is 5.56 Å². The van der Waals surface area contributed by atoms with E-state index in [1.54, 1.807) is 12.1 Å². The number of fused-ring (bicyclic) bond motifs is 1. The van der Waals surface area contributed by atoms with Gasteiger partial charge in [0.05, 0.1) is 4.92 Å².